The average Bonchev–Trinajstić information content (AvgIpc) is 3.26. The second-order valence-electron chi connectivity index (χ2n) is 9.36. The molecule has 3 heteroatoms. The molecular formula is C21H28O3. The summed E-state index contributed by atoms with van der Waals surface area (Å²) >= 11 is 0. The van der Waals surface area contributed by atoms with E-state index in [2.05, 4.69) is 6.92 Å². The Bertz CT molecular complexity index is 635. The van der Waals surface area contributed by atoms with Gasteiger partial charge in [-0.2, -0.15) is 0 Å². The molecule has 5 rings (SSSR count). The fourth-order valence-corrected chi connectivity index (χ4v) is 7.48. The Morgan fingerprint density at radius 3 is 2.75 bits per heavy atom. The molecule has 130 valence electrons. The van der Waals surface area contributed by atoms with Crippen LogP contribution in [0.15, 0.2) is 11.6 Å². The molecule has 5 aliphatic rings. The summed E-state index contributed by atoms with van der Waals surface area (Å²) in [4.78, 5) is 23.4. The number of allylic oxidation sites excluding steroid dienone is 1. The van der Waals surface area contributed by atoms with Crippen LogP contribution < -0.4 is 0 Å². The van der Waals surface area contributed by atoms with Crippen molar-refractivity contribution in [3.63, 3.8) is 0 Å². The Hall–Kier alpha value is -1.12. The van der Waals surface area contributed by atoms with Gasteiger partial charge in [0.05, 0.1) is 0 Å². The third-order valence-corrected chi connectivity index (χ3v) is 8.28. The Morgan fingerprint density at radius 1 is 1.12 bits per heavy atom. The minimum absolute atomic E-state index is 0.102. The summed E-state index contributed by atoms with van der Waals surface area (Å²) in [6, 6.07) is 0. The number of ketones is 1. The quantitative estimate of drug-likeness (QED) is 0.685. The molecule has 0 saturated heterocycles. The van der Waals surface area contributed by atoms with E-state index in [0.717, 1.165) is 42.9 Å². The fraction of sp³-hybridized carbons (Fsp3) is 0.810. The van der Waals surface area contributed by atoms with E-state index in [0.29, 0.717) is 17.6 Å². The first-order valence-electron chi connectivity index (χ1n) is 9.89. The number of carbonyl (C=O) groups is 2. The largest absolute Gasteiger partial charge is 0.462 e. The molecule has 0 bridgehead atoms. The first-order chi connectivity index (χ1) is 11.5. The molecule has 4 fully saturated rings. The van der Waals surface area contributed by atoms with Gasteiger partial charge in [0.15, 0.2) is 5.78 Å². The summed E-state index contributed by atoms with van der Waals surface area (Å²) in [5.41, 5.74) is 1.66. The van der Waals surface area contributed by atoms with E-state index in [1.165, 1.54) is 31.3 Å². The highest BCUT2D eigenvalue weighted by atomic mass is 16.5. The zero-order valence-electron chi connectivity index (χ0n) is 14.8. The molecular weight excluding hydrogens is 300 g/mol. The zero-order valence-corrected chi connectivity index (χ0v) is 14.8. The summed E-state index contributed by atoms with van der Waals surface area (Å²) in [5.74, 6) is 4.63. The van der Waals surface area contributed by atoms with E-state index in [4.69, 9.17) is 4.74 Å². The number of carbonyl (C=O) groups excluding carboxylic acids is 2. The number of hydrogen-bond acceptors (Lipinski definition) is 3. The van der Waals surface area contributed by atoms with Crippen molar-refractivity contribution in [3.8, 4) is 0 Å². The molecule has 0 N–H and O–H groups in total. The van der Waals surface area contributed by atoms with Crippen LogP contribution in [0, 0.1) is 40.9 Å². The maximum atomic E-state index is 11.8. The lowest BCUT2D eigenvalue weighted by Crippen LogP contribution is -2.50. The number of fused-ring (bicyclic) bond motifs is 7. The van der Waals surface area contributed by atoms with Gasteiger partial charge in [0, 0.05) is 18.8 Å². The van der Waals surface area contributed by atoms with Gasteiger partial charge in [-0.05, 0) is 80.1 Å². The van der Waals surface area contributed by atoms with E-state index in [1.54, 1.807) is 6.92 Å². The summed E-state index contributed by atoms with van der Waals surface area (Å²) < 4.78 is 5.84. The van der Waals surface area contributed by atoms with Crippen molar-refractivity contribution in [2.45, 2.75) is 64.9 Å². The van der Waals surface area contributed by atoms with Crippen molar-refractivity contribution in [1.29, 1.82) is 0 Å². The average molecular weight is 328 g/mol. The first-order valence-corrected chi connectivity index (χ1v) is 9.89. The van der Waals surface area contributed by atoms with Gasteiger partial charge in [-0.1, -0.05) is 12.5 Å². The van der Waals surface area contributed by atoms with Gasteiger partial charge in [0.25, 0.3) is 0 Å². The Morgan fingerprint density at radius 2 is 1.96 bits per heavy atom. The van der Waals surface area contributed by atoms with E-state index < -0.39 is 0 Å². The Labute approximate surface area is 144 Å². The van der Waals surface area contributed by atoms with Crippen LogP contribution in [-0.4, -0.2) is 17.9 Å². The molecule has 3 nitrogen and oxygen atoms in total. The molecule has 0 heterocycles. The molecule has 24 heavy (non-hydrogen) atoms. The smallest absolute Gasteiger partial charge is 0.302 e. The normalized spacial score (nSPS) is 51.7. The summed E-state index contributed by atoms with van der Waals surface area (Å²) in [6.07, 6.45) is 10.1. The fourth-order valence-electron chi connectivity index (χ4n) is 7.48. The molecule has 0 spiro atoms. The van der Waals surface area contributed by atoms with Gasteiger partial charge in [-0.25, -0.2) is 0 Å². The molecule has 0 aromatic rings. The number of rotatable bonds is 1. The topological polar surface area (TPSA) is 43.4 Å². The Kier molecular flexibility index (Phi) is 3.13. The maximum Gasteiger partial charge on any atom is 0.302 e. The lowest BCUT2D eigenvalue weighted by atomic mass is 9.51. The molecule has 0 aromatic heterocycles. The van der Waals surface area contributed by atoms with Crippen molar-refractivity contribution in [3.05, 3.63) is 11.6 Å². The zero-order chi connectivity index (χ0) is 16.6. The lowest BCUT2D eigenvalue weighted by Gasteiger charge is -2.54. The van der Waals surface area contributed by atoms with E-state index in [-0.39, 0.29) is 17.5 Å². The number of esters is 1. The predicted octanol–water partition coefficient (Wildman–Crippen LogP) is 3.92. The summed E-state index contributed by atoms with van der Waals surface area (Å²) in [5, 5.41) is 0. The van der Waals surface area contributed by atoms with E-state index >= 15 is 0 Å². The summed E-state index contributed by atoms with van der Waals surface area (Å²) in [7, 11) is 0. The van der Waals surface area contributed by atoms with Crippen LogP contribution in [0.4, 0.5) is 0 Å². The molecule has 0 amide bonds. The second-order valence-corrected chi connectivity index (χ2v) is 9.36. The highest BCUT2D eigenvalue weighted by molar-refractivity contribution is 5.91. The third-order valence-electron chi connectivity index (χ3n) is 8.28. The van der Waals surface area contributed by atoms with Gasteiger partial charge in [0.2, 0.25) is 0 Å². The molecule has 0 aliphatic heterocycles. The molecule has 5 aliphatic carbocycles. The third kappa shape index (κ3) is 1.96. The van der Waals surface area contributed by atoms with E-state index in [9.17, 15) is 9.59 Å². The molecule has 0 radical (unpaired) electrons. The Balaban J connectivity index is 1.45. The van der Waals surface area contributed by atoms with Gasteiger partial charge in [-0.3, -0.25) is 9.59 Å². The van der Waals surface area contributed by atoms with Crippen molar-refractivity contribution in [2.75, 3.05) is 0 Å². The minimum atomic E-state index is -0.102. The minimum Gasteiger partial charge on any atom is -0.462 e. The van der Waals surface area contributed by atoms with Crippen molar-refractivity contribution < 1.29 is 14.3 Å². The molecule has 8 atom stereocenters. The number of ether oxygens (including phenoxy) is 1. The van der Waals surface area contributed by atoms with Gasteiger partial charge in [0.1, 0.15) is 6.10 Å². The van der Waals surface area contributed by atoms with Crippen LogP contribution in [0.1, 0.15) is 58.8 Å². The molecule has 0 aromatic carbocycles. The van der Waals surface area contributed by atoms with Crippen molar-refractivity contribution in [1.82, 2.24) is 0 Å². The van der Waals surface area contributed by atoms with Gasteiger partial charge < -0.3 is 4.74 Å². The van der Waals surface area contributed by atoms with Crippen LogP contribution in [0.3, 0.4) is 0 Å². The number of hydrogen-bond donors (Lipinski definition) is 0. The van der Waals surface area contributed by atoms with Crippen LogP contribution in [-0.2, 0) is 14.3 Å². The van der Waals surface area contributed by atoms with Crippen molar-refractivity contribution >= 4 is 11.8 Å². The van der Waals surface area contributed by atoms with Gasteiger partial charge >= 0.3 is 5.97 Å². The predicted molar refractivity (Wildman–Crippen MR) is 90.0 cm³/mol. The monoisotopic (exact) mass is 328 g/mol. The van der Waals surface area contributed by atoms with Gasteiger partial charge in [-0.15, -0.1) is 0 Å². The lowest BCUT2D eigenvalue weighted by molar-refractivity contribution is -0.160. The highest BCUT2D eigenvalue weighted by Gasteiger charge is 2.70. The maximum absolute atomic E-state index is 11.8. The molecule has 4 saturated carbocycles. The summed E-state index contributed by atoms with van der Waals surface area (Å²) in [6.45, 7) is 3.97. The van der Waals surface area contributed by atoms with Crippen LogP contribution in [0.2, 0.25) is 0 Å². The molecule has 0 unspecified atom stereocenters. The first kappa shape index (κ1) is 15.2. The van der Waals surface area contributed by atoms with E-state index in [1.807, 2.05) is 6.08 Å². The standard InChI is InChI=1S/C21H28O3/c1-11(22)24-20-18-10-17(18)19-16-5-3-12-9-13(23)4-6-14(12)15(16)7-8-21(19,20)2/h9,14-20H,3-8,10H2,1-2H3/t14-,15+,16+,17-,18+,19+,20-,21-/m0/s1. The van der Waals surface area contributed by atoms with Crippen LogP contribution >= 0.6 is 0 Å². The SMILES string of the molecule is CC(=O)O[C@H]1[C@@H]2C[C@@H]2[C@H]2[C@@H]3CCC4=CC(=O)CC[C@@H]4[C@H]3CC[C@@]21C. The van der Waals surface area contributed by atoms with Crippen molar-refractivity contribution in [2.24, 2.45) is 40.9 Å². The highest BCUT2D eigenvalue weighted by Crippen LogP contribution is 2.72. The van der Waals surface area contributed by atoms with Crippen LogP contribution in [0.25, 0.3) is 0 Å². The van der Waals surface area contributed by atoms with Crippen LogP contribution in [0.5, 0.6) is 0 Å². The second kappa shape index (κ2) is 4.95.